The van der Waals surface area contributed by atoms with Crippen molar-refractivity contribution in [2.45, 2.75) is 71.0 Å². The van der Waals surface area contributed by atoms with Crippen LogP contribution in [0.15, 0.2) is 36.7 Å². The third kappa shape index (κ3) is 4.49. The van der Waals surface area contributed by atoms with Crippen LogP contribution in [0.4, 0.5) is 0 Å². The number of hydrogen-bond donors (Lipinski definition) is 1. The third-order valence-electron chi connectivity index (χ3n) is 6.93. The second-order valence-corrected chi connectivity index (χ2v) is 9.28. The van der Waals surface area contributed by atoms with E-state index >= 15 is 0 Å². The summed E-state index contributed by atoms with van der Waals surface area (Å²) in [5.74, 6) is -1.13. The summed E-state index contributed by atoms with van der Waals surface area (Å²) in [5.41, 5.74) is 4.89. The van der Waals surface area contributed by atoms with Crippen LogP contribution in [0.1, 0.15) is 61.8 Å². The standard InChI is InChI=1S/C26H31N3O4/c1-16-7-6-8-17(2)25(16)20-12-19(14-27-15-20)21(13-24(31)32)29-18(3)11-22(26(29)33)28-10-5-4-9-23(28)30/h6-8,12,14-15,18,21-22H,4-5,9-11,13H2,1-3H3,(H,31,32)/t18?,21-,22?/m1/s1. The van der Waals surface area contributed by atoms with Gasteiger partial charge < -0.3 is 14.9 Å². The molecule has 4 rings (SSSR count). The van der Waals surface area contributed by atoms with Crippen molar-refractivity contribution in [1.29, 1.82) is 0 Å². The van der Waals surface area contributed by atoms with E-state index < -0.39 is 18.1 Å². The Bertz CT molecular complexity index is 1060. The molecule has 2 fully saturated rings. The van der Waals surface area contributed by atoms with Gasteiger partial charge in [-0.05, 0) is 68.4 Å². The summed E-state index contributed by atoms with van der Waals surface area (Å²) < 4.78 is 0. The smallest absolute Gasteiger partial charge is 0.305 e. The van der Waals surface area contributed by atoms with Crippen LogP contribution in [0.2, 0.25) is 0 Å². The molecule has 1 aromatic carbocycles. The van der Waals surface area contributed by atoms with Crippen molar-refractivity contribution in [2.24, 2.45) is 0 Å². The van der Waals surface area contributed by atoms with Crippen LogP contribution in [0, 0.1) is 13.8 Å². The maximum Gasteiger partial charge on any atom is 0.305 e. The molecule has 2 aliphatic heterocycles. The van der Waals surface area contributed by atoms with E-state index in [9.17, 15) is 19.5 Å². The molecule has 2 aromatic rings. The van der Waals surface area contributed by atoms with E-state index in [1.54, 1.807) is 22.2 Å². The first-order valence-corrected chi connectivity index (χ1v) is 11.6. The Labute approximate surface area is 194 Å². The van der Waals surface area contributed by atoms with Gasteiger partial charge >= 0.3 is 5.97 Å². The minimum Gasteiger partial charge on any atom is -0.481 e. The Balaban J connectivity index is 1.70. The fraction of sp³-hybridized carbons (Fsp3) is 0.462. The molecule has 33 heavy (non-hydrogen) atoms. The van der Waals surface area contributed by atoms with Crippen molar-refractivity contribution < 1.29 is 19.5 Å². The topological polar surface area (TPSA) is 90.8 Å². The van der Waals surface area contributed by atoms with Gasteiger partial charge in [-0.25, -0.2) is 0 Å². The number of nitrogens with zero attached hydrogens (tertiary/aromatic N) is 3. The highest BCUT2D eigenvalue weighted by molar-refractivity contribution is 5.90. The van der Waals surface area contributed by atoms with Gasteiger partial charge in [0.25, 0.3) is 0 Å². The second kappa shape index (κ2) is 9.33. The van der Waals surface area contributed by atoms with E-state index in [2.05, 4.69) is 4.98 Å². The predicted molar refractivity (Wildman–Crippen MR) is 124 cm³/mol. The van der Waals surface area contributed by atoms with Crippen LogP contribution in [0.5, 0.6) is 0 Å². The Morgan fingerprint density at radius 2 is 1.91 bits per heavy atom. The lowest BCUT2D eigenvalue weighted by Crippen LogP contribution is -2.48. The first-order valence-electron chi connectivity index (χ1n) is 11.6. The molecular weight excluding hydrogens is 418 g/mol. The van der Waals surface area contributed by atoms with Gasteiger partial charge in [0.1, 0.15) is 6.04 Å². The predicted octanol–water partition coefficient (Wildman–Crippen LogP) is 3.88. The number of carboxylic acid groups (broad SMARTS) is 1. The number of amides is 2. The highest BCUT2D eigenvalue weighted by atomic mass is 16.4. The van der Waals surface area contributed by atoms with E-state index in [1.165, 1.54) is 0 Å². The first-order chi connectivity index (χ1) is 15.8. The molecule has 2 aliphatic rings. The Hall–Kier alpha value is -3.22. The van der Waals surface area contributed by atoms with E-state index in [0.29, 0.717) is 24.9 Å². The van der Waals surface area contributed by atoms with Crippen LogP contribution in [-0.4, -0.2) is 56.3 Å². The molecule has 7 nitrogen and oxygen atoms in total. The molecule has 3 heterocycles. The number of pyridine rings is 1. The van der Waals surface area contributed by atoms with Gasteiger partial charge in [-0.15, -0.1) is 0 Å². The molecule has 174 valence electrons. The molecule has 0 aliphatic carbocycles. The summed E-state index contributed by atoms with van der Waals surface area (Å²) in [6.07, 6.45) is 5.96. The summed E-state index contributed by atoms with van der Waals surface area (Å²) in [5, 5.41) is 9.69. The van der Waals surface area contributed by atoms with Gasteiger partial charge in [-0.3, -0.25) is 19.4 Å². The maximum atomic E-state index is 13.5. The highest BCUT2D eigenvalue weighted by Crippen LogP contribution is 2.37. The molecule has 7 heteroatoms. The van der Waals surface area contributed by atoms with Gasteiger partial charge in [-0.2, -0.15) is 0 Å². The average molecular weight is 450 g/mol. The summed E-state index contributed by atoms with van der Waals surface area (Å²) in [6.45, 7) is 6.60. The number of likely N-dealkylation sites (tertiary alicyclic amines) is 2. The van der Waals surface area contributed by atoms with E-state index in [4.69, 9.17) is 0 Å². The zero-order valence-corrected chi connectivity index (χ0v) is 19.5. The maximum absolute atomic E-state index is 13.5. The second-order valence-electron chi connectivity index (χ2n) is 9.28. The number of carbonyl (C=O) groups is 3. The number of piperidine rings is 1. The molecule has 2 amide bonds. The zero-order chi connectivity index (χ0) is 23.7. The summed E-state index contributed by atoms with van der Waals surface area (Å²) in [4.78, 5) is 45.6. The van der Waals surface area contributed by atoms with E-state index in [1.807, 2.05) is 45.0 Å². The lowest BCUT2D eigenvalue weighted by atomic mass is 9.94. The van der Waals surface area contributed by atoms with Gasteiger partial charge in [0.2, 0.25) is 11.8 Å². The quantitative estimate of drug-likeness (QED) is 0.723. The normalized spacial score (nSPS) is 22.0. The molecular formula is C26H31N3O4. The summed E-state index contributed by atoms with van der Waals surface area (Å²) in [6, 6.07) is 6.70. The monoisotopic (exact) mass is 449 g/mol. The number of benzene rings is 1. The lowest BCUT2D eigenvalue weighted by Gasteiger charge is -2.33. The van der Waals surface area contributed by atoms with Crippen molar-refractivity contribution in [3.8, 4) is 11.1 Å². The summed E-state index contributed by atoms with van der Waals surface area (Å²) in [7, 11) is 0. The van der Waals surface area contributed by atoms with Crippen molar-refractivity contribution in [3.63, 3.8) is 0 Å². The molecule has 2 unspecified atom stereocenters. The SMILES string of the molecule is Cc1cccc(C)c1-c1cncc([C@@H](CC(=O)O)N2C(=O)C(N3CCCCC3=O)CC2C)c1. The average Bonchev–Trinajstić information content (AvgIpc) is 3.06. The molecule has 0 spiro atoms. The number of hydrogen-bond acceptors (Lipinski definition) is 4. The minimum absolute atomic E-state index is 0.0159. The fourth-order valence-corrected chi connectivity index (χ4v) is 5.39. The molecule has 3 atom stereocenters. The minimum atomic E-state index is -0.977. The van der Waals surface area contributed by atoms with Crippen LogP contribution in [0.25, 0.3) is 11.1 Å². The fourth-order valence-electron chi connectivity index (χ4n) is 5.39. The highest BCUT2D eigenvalue weighted by Gasteiger charge is 2.46. The van der Waals surface area contributed by atoms with Crippen LogP contribution in [0.3, 0.4) is 0 Å². The molecule has 0 saturated carbocycles. The number of rotatable bonds is 6. The first kappa shape index (κ1) is 23.0. The van der Waals surface area contributed by atoms with E-state index in [0.717, 1.165) is 35.1 Å². The molecule has 0 radical (unpaired) electrons. The van der Waals surface area contributed by atoms with Crippen molar-refractivity contribution in [2.75, 3.05) is 6.54 Å². The summed E-state index contributed by atoms with van der Waals surface area (Å²) >= 11 is 0. The molecule has 2 saturated heterocycles. The van der Waals surface area contributed by atoms with Crippen LogP contribution < -0.4 is 0 Å². The van der Waals surface area contributed by atoms with Crippen LogP contribution >= 0.6 is 0 Å². The Kier molecular flexibility index (Phi) is 6.49. The van der Waals surface area contributed by atoms with Crippen LogP contribution in [-0.2, 0) is 14.4 Å². The number of aliphatic carboxylic acids is 1. The molecule has 1 aromatic heterocycles. The molecule has 1 N–H and O–H groups in total. The van der Waals surface area contributed by atoms with Gasteiger partial charge in [0.05, 0.1) is 12.5 Å². The van der Waals surface area contributed by atoms with Gasteiger partial charge in [0.15, 0.2) is 0 Å². The number of aromatic nitrogens is 1. The molecule has 0 bridgehead atoms. The largest absolute Gasteiger partial charge is 0.481 e. The number of carbonyl (C=O) groups excluding carboxylic acids is 2. The zero-order valence-electron chi connectivity index (χ0n) is 19.5. The van der Waals surface area contributed by atoms with Gasteiger partial charge in [-0.1, -0.05) is 18.2 Å². The lowest BCUT2D eigenvalue weighted by molar-refractivity contribution is -0.146. The van der Waals surface area contributed by atoms with E-state index in [-0.39, 0.29) is 24.3 Å². The number of aryl methyl sites for hydroxylation is 2. The van der Waals surface area contributed by atoms with Gasteiger partial charge in [0, 0.05) is 37.0 Å². The third-order valence-corrected chi connectivity index (χ3v) is 6.93. The van der Waals surface area contributed by atoms with Crippen molar-refractivity contribution in [3.05, 3.63) is 53.3 Å². The Morgan fingerprint density at radius 3 is 2.58 bits per heavy atom. The Morgan fingerprint density at radius 1 is 1.18 bits per heavy atom. The number of carboxylic acids is 1. The van der Waals surface area contributed by atoms with Crippen molar-refractivity contribution in [1.82, 2.24) is 14.8 Å². The van der Waals surface area contributed by atoms with Crippen molar-refractivity contribution >= 4 is 17.8 Å².